The van der Waals surface area contributed by atoms with Crippen LogP contribution in [0.1, 0.15) is 38.5 Å². The summed E-state index contributed by atoms with van der Waals surface area (Å²) >= 11 is 0. The molecule has 21 heavy (non-hydrogen) atoms. The van der Waals surface area contributed by atoms with Crippen LogP contribution in [0.2, 0.25) is 0 Å². The lowest BCUT2D eigenvalue weighted by atomic mass is 9.92. The van der Waals surface area contributed by atoms with Gasteiger partial charge in [-0.2, -0.15) is 0 Å². The van der Waals surface area contributed by atoms with Crippen molar-refractivity contribution in [1.29, 1.82) is 0 Å². The van der Waals surface area contributed by atoms with Gasteiger partial charge in [0, 0.05) is 26.8 Å². The van der Waals surface area contributed by atoms with E-state index in [1.165, 1.54) is 6.42 Å². The van der Waals surface area contributed by atoms with E-state index in [1.807, 2.05) is 17.0 Å². The molecule has 1 aliphatic heterocycles. The van der Waals surface area contributed by atoms with Crippen molar-refractivity contribution in [2.45, 2.75) is 32.7 Å². The Morgan fingerprint density at radius 2 is 2.19 bits per heavy atom. The maximum Gasteiger partial charge on any atom is 0.318 e. The highest BCUT2D eigenvalue weighted by molar-refractivity contribution is 5.74. The van der Waals surface area contributed by atoms with E-state index >= 15 is 0 Å². The van der Waals surface area contributed by atoms with Crippen molar-refractivity contribution < 1.29 is 13.9 Å². The number of carbonyl (C=O) groups excluding carboxylic acids is 1. The first-order valence-electron chi connectivity index (χ1n) is 7.68. The molecule has 5 nitrogen and oxygen atoms in total. The molecule has 0 aliphatic carbocycles. The van der Waals surface area contributed by atoms with Crippen molar-refractivity contribution >= 4 is 6.03 Å². The van der Waals surface area contributed by atoms with Gasteiger partial charge in [0.1, 0.15) is 5.76 Å². The van der Waals surface area contributed by atoms with Crippen molar-refractivity contribution in [3.63, 3.8) is 0 Å². The Morgan fingerprint density at radius 3 is 2.76 bits per heavy atom. The van der Waals surface area contributed by atoms with Gasteiger partial charge in [0.15, 0.2) is 0 Å². The van der Waals surface area contributed by atoms with Crippen LogP contribution in [-0.2, 0) is 4.74 Å². The number of piperidine rings is 1. The lowest BCUT2D eigenvalue weighted by Crippen LogP contribution is -2.48. The average Bonchev–Trinajstić information content (AvgIpc) is 2.96. The number of rotatable bonds is 5. The molecule has 2 amide bonds. The van der Waals surface area contributed by atoms with Crippen molar-refractivity contribution in [3.05, 3.63) is 24.2 Å². The van der Waals surface area contributed by atoms with Crippen molar-refractivity contribution in [2.24, 2.45) is 11.8 Å². The number of urea groups is 1. The molecule has 0 aromatic carbocycles. The van der Waals surface area contributed by atoms with Crippen molar-refractivity contribution in [2.75, 3.05) is 26.8 Å². The van der Waals surface area contributed by atoms with Gasteiger partial charge >= 0.3 is 6.03 Å². The normalized spacial score (nSPS) is 23.9. The largest absolute Gasteiger partial charge is 0.467 e. The zero-order valence-corrected chi connectivity index (χ0v) is 13.2. The zero-order chi connectivity index (χ0) is 15.2. The maximum absolute atomic E-state index is 12.5. The van der Waals surface area contributed by atoms with Crippen LogP contribution in [0.4, 0.5) is 4.79 Å². The second kappa shape index (κ2) is 7.50. The number of ether oxygens (including phenoxy) is 1. The molecule has 1 aromatic rings. The molecule has 5 heteroatoms. The molecule has 118 valence electrons. The monoisotopic (exact) mass is 294 g/mol. The van der Waals surface area contributed by atoms with E-state index in [9.17, 15) is 4.79 Å². The minimum absolute atomic E-state index is 0.00842. The molecule has 0 bridgehead atoms. The van der Waals surface area contributed by atoms with Gasteiger partial charge in [-0.3, -0.25) is 0 Å². The lowest BCUT2D eigenvalue weighted by molar-refractivity contribution is 0.137. The maximum atomic E-state index is 12.5. The summed E-state index contributed by atoms with van der Waals surface area (Å²) in [5, 5.41) is 3.08. The number of likely N-dealkylation sites (tertiary alicyclic amines) is 1. The smallest absolute Gasteiger partial charge is 0.318 e. The van der Waals surface area contributed by atoms with Gasteiger partial charge < -0.3 is 19.4 Å². The zero-order valence-electron chi connectivity index (χ0n) is 13.2. The molecule has 0 unspecified atom stereocenters. The Labute approximate surface area is 126 Å². The van der Waals surface area contributed by atoms with E-state index in [4.69, 9.17) is 9.15 Å². The van der Waals surface area contributed by atoms with Crippen LogP contribution in [0, 0.1) is 11.8 Å². The van der Waals surface area contributed by atoms with Crippen LogP contribution in [0.25, 0.3) is 0 Å². The fraction of sp³-hybridized carbons (Fsp3) is 0.688. The van der Waals surface area contributed by atoms with Gasteiger partial charge in [0.05, 0.1) is 12.3 Å². The number of amides is 2. The number of hydrogen-bond donors (Lipinski definition) is 1. The van der Waals surface area contributed by atoms with Gasteiger partial charge in [0.25, 0.3) is 0 Å². The molecule has 2 rings (SSSR count). The molecule has 1 aromatic heterocycles. The van der Waals surface area contributed by atoms with Crippen molar-refractivity contribution in [1.82, 2.24) is 10.2 Å². The van der Waals surface area contributed by atoms with E-state index in [2.05, 4.69) is 19.2 Å². The molecule has 0 spiro atoms. The molecule has 0 radical (unpaired) electrons. The van der Waals surface area contributed by atoms with Gasteiger partial charge in [-0.25, -0.2) is 4.79 Å². The van der Waals surface area contributed by atoms with Crippen LogP contribution < -0.4 is 5.32 Å². The number of carbonyl (C=O) groups is 1. The summed E-state index contributed by atoms with van der Waals surface area (Å²) < 4.78 is 10.6. The molecule has 0 saturated carbocycles. The SMILES string of the molecule is COCC[C@@H](NC(=O)N1C[C@H](C)C[C@H](C)C1)c1ccco1. The third kappa shape index (κ3) is 4.49. The lowest BCUT2D eigenvalue weighted by Gasteiger charge is -2.35. The summed E-state index contributed by atoms with van der Waals surface area (Å²) in [5.41, 5.74) is 0. The van der Waals surface area contributed by atoms with E-state index in [0.29, 0.717) is 24.9 Å². The minimum Gasteiger partial charge on any atom is -0.467 e. The van der Waals surface area contributed by atoms with Gasteiger partial charge in [0.2, 0.25) is 0 Å². The predicted octanol–water partition coefficient (Wildman–Crippen LogP) is 3.04. The van der Waals surface area contributed by atoms with Gasteiger partial charge in [-0.15, -0.1) is 0 Å². The highest BCUT2D eigenvalue weighted by Gasteiger charge is 2.27. The van der Waals surface area contributed by atoms with Crippen LogP contribution >= 0.6 is 0 Å². The topological polar surface area (TPSA) is 54.7 Å². The standard InChI is InChI=1S/C16H26N2O3/c1-12-9-13(2)11-18(10-12)16(19)17-14(6-8-20-3)15-5-4-7-21-15/h4-5,7,12-14H,6,8-11H2,1-3H3,(H,17,19)/t12-,13+,14-/m1/s1. The van der Waals surface area contributed by atoms with E-state index in [0.717, 1.165) is 18.8 Å². The molecular formula is C16H26N2O3. The third-order valence-corrected chi connectivity index (χ3v) is 3.95. The molecule has 1 N–H and O–H groups in total. The quantitative estimate of drug-likeness (QED) is 0.908. The Kier molecular flexibility index (Phi) is 5.67. The minimum atomic E-state index is -0.139. The van der Waals surface area contributed by atoms with Gasteiger partial charge in [-0.05, 0) is 36.8 Å². The highest BCUT2D eigenvalue weighted by Crippen LogP contribution is 2.22. The Hall–Kier alpha value is -1.49. The first kappa shape index (κ1) is 15.9. The third-order valence-electron chi connectivity index (χ3n) is 3.95. The summed E-state index contributed by atoms with van der Waals surface area (Å²) in [6, 6.07) is 3.58. The fourth-order valence-electron chi connectivity index (χ4n) is 3.08. The predicted molar refractivity (Wildman–Crippen MR) is 81.0 cm³/mol. The Morgan fingerprint density at radius 1 is 1.48 bits per heavy atom. The van der Waals surface area contributed by atoms with Crippen LogP contribution in [-0.4, -0.2) is 37.7 Å². The van der Waals surface area contributed by atoms with E-state index in [-0.39, 0.29) is 12.1 Å². The summed E-state index contributed by atoms with van der Waals surface area (Å²) in [6.07, 6.45) is 3.52. The molecular weight excluding hydrogens is 268 g/mol. The van der Waals surface area contributed by atoms with E-state index in [1.54, 1.807) is 13.4 Å². The second-order valence-electron chi connectivity index (χ2n) is 6.15. The summed E-state index contributed by atoms with van der Waals surface area (Å²) in [7, 11) is 1.66. The van der Waals surface area contributed by atoms with Crippen LogP contribution in [0.3, 0.4) is 0 Å². The number of methoxy groups -OCH3 is 1. The first-order valence-corrected chi connectivity index (χ1v) is 7.68. The number of furan rings is 1. The average molecular weight is 294 g/mol. The Balaban J connectivity index is 1.97. The first-order chi connectivity index (χ1) is 10.1. The summed E-state index contributed by atoms with van der Waals surface area (Å²) in [5.74, 6) is 1.89. The van der Waals surface area contributed by atoms with Crippen LogP contribution in [0.5, 0.6) is 0 Å². The van der Waals surface area contributed by atoms with Crippen LogP contribution in [0.15, 0.2) is 22.8 Å². The molecule has 1 aliphatic rings. The Bertz CT molecular complexity index is 423. The number of hydrogen-bond acceptors (Lipinski definition) is 3. The fourth-order valence-corrected chi connectivity index (χ4v) is 3.08. The number of nitrogens with zero attached hydrogens (tertiary/aromatic N) is 1. The summed E-state index contributed by atoms with van der Waals surface area (Å²) in [4.78, 5) is 14.4. The van der Waals surface area contributed by atoms with E-state index < -0.39 is 0 Å². The summed E-state index contributed by atoms with van der Waals surface area (Å²) in [6.45, 7) is 6.63. The molecule has 1 saturated heterocycles. The molecule has 1 fully saturated rings. The molecule has 3 atom stereocenters. The highest BCUT2D eigenvalue weighted by atomic mass is 16.5. The van der Waals surface area contributed by atoms with Gasteiger partial charge in [-0.1, -0.05) is 13.8 Å². The van der Waals surface area contributed by atoms with Crippen molar-refractivity contribution in [3.8, 4) is 0 Å². The number of nitrogens with one attached hydrogen (secondary N) is 1. The second-order valence-corrected chi connectivity index (χ2v) is 6.15. The molecule has 2 heterocycles.